The fourth-order valence-corrected chi connectivity index (χ4v) is 2.72. The van der Waals surface area contributed by atoms with Gasteiger partial charge in [-0.3, -0.25) is 0 Å². The third-order valence-electron chi connectivity index (χ3n) is 3.93. The van der Waals surface area contributed by atoms with Gasteiger partial charge in [-0.15, -0.1) is 0 Å². The number of nitrogens with one attached hydrogen (secondary N) is 1. The maximum atomic E-state index is 5.57. The highest BCUT2D eigenvalue weighted by atomic mass is 15.3. The van der Waals surface area contributed by atoms with Gasteiger partial charge in [-0.25, -0.2) is 15.8 Å². The molecule has 0 amide bonds. The topological polar surface area (TPSA) is 67.1 Å². The summed E-state index contributed by atoms with van der Waals surface area (Å²) in [6.45, 7) is 3.50. The molecule has 1 heterocycles. The molecule has 0 radical (unpaired) electrons. The van der Waals surface area contributed by atoms with Crippen LogP contribution >= 0.6 is 0 Å². The molecule has 0 atom stereocenters. The molecule has 3 aromatic rings. The quantitative estimate of drug-likeness (QED) is 0.539. The largest absolute Gasteiger partial charge is 0.348 e. The van der Waals surface area contributed by atoms with Crippen molar-refractivity contribution in [2.45, 2.75) is 20.0 Å². The van der Waals surface area contributed by atoms with E-state index in [1.54, 1.807) is 6.33 Å². The Balaban J connectivity index is 1.95. The van der Waals surface area contributed by atoms with Crippen molar-refractivity contribution in [1.82, 2.24) is 9.97 Å². The minimum Gasteiger partial charge on any atom is -0.348 e. The first kappa shape index (κ1) is 16.0. The summed E-state index contributed by atoms with van der Waals surface area (Å²) in [5.41, 5.74) is 6.04. The summed E-state index contributed by atoms with van der Waals surface area (Å²) in [7, 11) is 0. The minimum atomic E-state index is 0.645. The van der Waals surface area contributed by atoms with E-state index in [4.69, 9.17) is 5.84 Å². The first-order chi connectivity index (χ1) is 11.8. The zero-order chi connectivity index (χ0) is 16.8. The molecule has 3 rings (SSSR count). The second-order valence-electron chi connectivity index (χ2n) is 5.64. The number of anilines is 2. The van der Waals surface area contributed by atoms with Crippen LogP contribution in [-0.2, 0) is 13.1 Å². The minimum absolute atomic E-state index is 0.645. The summed E-state index contributed by atoms with van der Waals surface area (Å²) in [6.07, 6.45) is 1.54. The van der Waals surface area contributed by atoms with E-state index in [9.17, 15) is 0 Å². The molecular formula is C19H21N5. The molecule has 0 aliphatic rings. The Morgan fingerprint density at radius 2 is 1.42 bits per heavy atom. The molecule has 2 aromatic carbocycles. The highest BCUT2D eigenvalue weighted by molar-refractivity contribution is 5.57. The zero-order valence-corrected chi connectivity index (χ0v) is 13.7. The molecule has 0 spiro atoms. The Morgan fingerprint density at radius 1 is 0.875 bits per heavy atom. The van der Waals surface area contributed by atoms with E-state index in [1.165, 1.54) is 11.1 Å². The van der Waals surface area contributed by atoms with Crippen molar-refractivity contribution in [3.8, 4) is 0 Å². The first-order valence-electron chi connectivity index (χ1n) is 7.89. The number of rotatable bonds is 6. The van der Waals surface area contributed by atoms with Gasteiger partial charge < -0.3 is 10.3 Å². The third kappa shape index (κ3) is 3.70. The van der Waals surface area contributed by atoms with Gasteiger partial charge in [0.05, 0.1) is 0 Å². The Labute approximate surface area is 142 Å². The van der Waals surface area contributed by atoms with Crippen LogP contribution in [-0.4, -0.2) is 9.97 Å². The third-order valence-corrected chi connectivity index (χ3v) is 3.93. The van der Waals surface area contributed by atoms with E-state index in [0.29, 0.717) is 5.82 Å². The molecule has 0 aliphatic carbocycles. The number of hydrazine groups is 1. The van der Waals surface area contributed by atoms with Crippen molar-refractivity contribution in [3.63, 3.8) is 0 Å². The summed E-state index contributed by atoms with van der Waals surface area (Å²) < 4.78 is 0. The molecule has 1 aromatic heterocycles. The lowest BCUT2D eigenvalue weighted by Crippen LogP contribution is -2.25. The molecule has 0 unspecified atom stereocenters. The predicted octanol–water partition coefficient (Wildman–Crippen LogP) is 3.28. The number of nitrogens with two attached hydrogens (primary N) is 1. The summed E-state index contributed by atoms with van der Waals surface area (Å²) >= 11 is 0. The molecule has 0 saturated carbocycles. The Morgan fingerprint density at radius 3 is 1.92 bits per heavy atom. The Bertz CT molecular complexity index is 733. The average Bonchev–Trinajstić information content (AvgIpc) is 2.63. The van der Waals surface area contributed by atoms with Gasteiger partial charge >= 0.3 is 0 Å². The molecule has 0 bridgehead atoms. The molecule has 5 nitrogen and oxygen atoms in total. The van der Waals surface area contributed by atoms with Crippen LogP contribution in [0.15, 0.2) is 67.0 Å². The van der Waals surface area contributed by atoms with E-state index in [0.717, 1.165) is 24.5 Å². The maximum absolute atomic E-state index is 5.57. The van der Waals surface area contributed by atoms with Gasteiger partial charge in [0, 0.05) is 18.7 Å². The van der Waals surface area contributed by atoms with Gasteiger partial charge in [0.25, 0.3) is 0 Å². The van der Waals surface area contributed by atoms with Gasteiger partial charge in [0.2, 0.25) is 0 Å². The normalized spacial score (nSPS) is 10.4. The molecule has 122 valence electrons. The smallest absolute Gasteiger partial charge is 0.148 e. The molecule has 24 heavy (non-hydrogen) atoms. The number of benzene rings is 2. The SMILES string of the molecule is Cc1c(NN)ncnc1N(Cc1ccccc1)Cc1ccccc1. The van der Waals surface area contributed by atoms with E-state index in [2.05, 4.69) is 68.8 Å². The van der Waals surface area contributed by atoms with Crippen molar-refractivity contribution in [1.29, 1.82) is 0 Å². The van der Waals surface area contributed by atoms with Gasteiger partial charge in [0.1, 0.15) is 18.0 Å². The molecule has 0 fully saturated rings. The van der Waals surface area contributed by atoms with Crippen LogP contribution < -0.4 is 16.2 Å². The van der Waals surface area contributed by atoms with E-state index in [1.807, 2.05) is 19.1 Å². The summed E-state index contributed by atoms with van der Waals surface area (Å²) in [4.78, 5) is 10.9. The Kier molecular flexibility index (Phi) is 5.03. The molecule has 0 aliphatic heterocycles. The lowest BCUT2D eigenvalue weighted by molar-refractivity contribution is 0.775. The van der Waals surface area contributed by atoms with Crippen molar-refractivity contribution in [2.75, 3.05) is 10.3 Å². The Hall–Kier alpha value is -2.92. The number of aromatic nitrogens is 2. The lowest BCUT2D eigenvalue weighted by Gasteiger charge is -2.26. The average molecular weight is 319 g/mol. The van der Waals surface area contributed by atoms with Crippen LogP contribution in [0.3, 0.4) is 0 Å². The monoisotopic (exact) mass is 319 g/mol. The highest BCUT2D eigenvalue weighted by Crippen LogP contribution is 2.25. The fourth-order valence-electron chi connectivity index (χ4n) is 2.72. The molecule has 3 N–H and O–H groups in total. The van der Waals surface area contributed by atoms with Crippen LogP contribution in [0.25, 0.3) is 0 Å². The number of nitrogen functional groups attached to an aromatic ring is 1. The van der Waals surface area contributed by atoms with Crippen LogP contribution in [0.5, 0.6) is 0 Å². The molecule has 5 heteroatoms. The molecular weight excluding hydrogens is 298 g/mol. The second kappa shape index (κ2) is 7.57. The van der Waals surface area contributed by atoms with Crippen LogP contribution in [0, 0.1) is 6.92 Å². The van der Waals surface area contributed by atoms with Gasteiger partial charge in [-0.2, -0.15) is 0 Å². The van der Waals surface area contributed by atoms with E-state index in [-0.39, 0.29) is 0 Å². The van der Waals surface area contributed by atoms with E-state index >= 15 is 0 Å². The van der Waals surface area contributed by atoms with Gasteiger partial charge in [-0.05, 0) is 18.1 Å². The number of nitrogens with zero attached hydrogens (tertiary/aromatic N) is 3. The standard InChI is InChI=1S/C19H21N5/c1-15-18(23-20)21-14-22-19(15)24(12-16-8-4-2-5-9-16)13-17-10-6-3-7-11-17/h2-11,14H,12-13,20H2,1H3,(H,21,22,23). The summed E-state index contributed by atoms with van der Waals surface area (Å²) in [5, 5.41) is 0. The zero-order valence-electron chi connectivity index (χ0n) is 13.7. The predicted molar refractivity (Wildman–Crippen MR) is 97.4 cm³/mol. The van der Waals surface area contributed by atoms with Crippen LogP contribution in [0.2, 0.25) is 0 Å². The van der Waals surface area contributed by atoms with Crippen molar-refractivity contribution < 1.29 is 0 Å². The van der Waals surface area contributed by atoms with E-state index < -0.39 is 0 Å². The summed E-state index contributed by atoms with van der Waals surface area (Å²) in [5.74, 6) is 7.09. The number of hydrogen-bond acceptors (Lipinski definition) is 5. The molecule has 0 saturated heterocycles. The second-order valence-corrected chi connectivity index (χ2v) is 5.64. The summed E-state index contributed by atoms with van der Waals surface area (Å²) in [6, 6.07) is 20.7. The lowest BCUT2D eigenvalue weighted by atomic mass is 10.1. The highest BCUT2D eigenvalue weighted by Gasteiger charge is 2.15. The van der Waals surface area contributed by atoms with Crippen LogP contribution in [0.1, 0.15) is 16.7 Å². The maximum Gasteiger partial charge on any atom is 0.148 e. The van der Waals surface area contributed by atoms with Crippen LogP contribution in [0.4, 0.5) is 11.6 Å². The van der Waals surface area contributed by atoms with Crippen molar-refractivity contribution in [3.05, 3.63) is 83.7 Å². The van der Waals surface area contributed by atoms with Crippen molar-refractivity contribution >= 4 is 11.6 Å². The number of hydrogen-bond donors (Lipinski definition) is 2. The van der Waals surface area contributed by atoms with Crippen molar-refractivity contribution in [2.24, 2.45) is 5.84 Å². The first-order valence-corrected chi connectivity index (χ1v) is 7.89. The fraction of sp³-hybridized carbons (Fsp3) is 0.158. The van der Waals surface area contributed by atoms with Gasteiger partial charge in [-0.1, -0.05) is 60.7 Å². The van der Waals surface area contributed by atoms with Gasteiger partial charge in [0.15, 0.2) is 0 Å².